The molecule has 0 aliphatic carbocycles. The largest absolute Gasteiger partial charge is 0.321 e. The van der Waals surface area contributed by atoms with Crippen LogP contribution in [0.3, 0.4) is 0 Å². The lowest BCUT2D eigenvalue weighted by Crippen LogP contribution is -2.05. The van der Waals surface area contributed by atoms with E-state index in [1.165, 1.54) is 0 Å². The molecule has 1 atom stereocenters. The zero-order valence-electron chi connectivity index (χ0n) is 6.13. The van der Waals surface area contributed by atoms with E-state index in [1.54, 1.807) is 6.08 Å². The molecule has 0 spiro atoms. The molecule has 11 heavy (non-hydrogen) atoms. The van der Waals surface area contributed by atoms with Crippen molar-refractivity contribution in [1.29, 1.82) is 0 Å². The second-order valence-electron chi connectivity index (χ2n) is 2.31. The van der Waals surface area contributed by atoms with Crippen molar-refractivity contribution >= 4 is 11.6 Å². The second-order valence-corrected chi connectivity index (χ2v) is 2.75. The van der Waals surface area contributed by atoms with Gasteiger partial charge in [-0.25, -0.2) is 0 Å². The lowest BCUT2D eigenvalue weighted by molar-refractivity contribution is 0.915. The molecule has 1 unspecified atom stereocenters. The molecule has 0 bridgehead atoms. The van der Waals surface area contributed by atoms with Gasteiger partial charge in [0.05, 0.1) is 0 Å². The van der Waals surface area contributed by atoms with Gasteiger partial charge < -0.3 is 5.73 Å². The average Bonchev–Trinajstić information content (AvgIpc) is 2.05. The van der Waals surface area contributed by atoms with Crippen LogP contribution in [0.25, 0.3) is 0 Å². The van der Waals surface area contributed by atoms with Crippen LogP contribution in [0, 0.1) is 0 Å². The summed E-state index contributed by atoms with van der Waals surface area (Å²) in [6.07, 6.45) is 1.70. The Morgan fingerprint density at radius 1 is 1.36 bits per heavy atom. The summed E-state index contributed by atoms with van der Waals surface area (Å²) in [4.78, 5) is 0. The van der Waals surface area contributed by atoms with Crippen molar-refractivity contribution < 1.29 is 0 Å². The minimum atomic E-state index is -0.0905. The average molecular weight is 168 g/mol. The molecule has 0 saturated carbocycles. The van der Waals surface area contributed by atoms with E-state index in [0.29, 0.717) is 0 Å². The number of hydrogen-bond acceptors (Lipinski definition) is 1. The van der Waals surface area contributed by atoms with Crippen LogP contribution in [0.15, 0.2) is 36.9 Å². The summed E-state index contributed by atoms with van der Waals surface area (Å²) < 4.78 is 0. The van der Waals surface area contributed by atoms with Crippen molar-refractivity contribution in [3.8, 4) is 0 Å². The number of nitrogens with two attached hydrogens (primary N) is 1. The fourth-order valence-corrected chi connectivity index (χ4v) is 0.947. The second kappa shape index (κ2) is 3.56. The van der Waals surface area contributed by atoms with Crippen molar-refractivity contribution in [2.45, 2.75) is 6.04 Å². The first kappa shape index (κ1) is 8.31. The van der Waals surface area contributed by atoms with Gasteiger partial charge in [-0.3, -0.25) is 0 Å². The molecule has 2 N–H and O–H groups in total. The summed E-state index contributed by atoms with van der Waals surface area (Å²) in [5.74, 6) is 0. The summed E-state index contributed by atoms with van der Waals surface area (Å²) in [6, 6.07) is 7.34. The van der Waals surface area contributed by atoms with E-state index in [9.17, 15) is 0 Å². The molecule has 58 valence electrons. The third-order valence-corrected chi connectivity index (χ3v) is 1.76. The molecule has 0 heterocycles. The first-order chi connectivity index (χ1) is 5.24. The first-order valence-electron chi connectivity index (χ1n) is 3.37. The summed E-state index contributed by atoms with van der Waals surface area (Å²) in [6.45, 7) is 3.60. The molecule has 0 aromatic heterocycles. The van der Waals surface area contributed by atoms with Gasteiger partial charge in [0.2, 0.25) is 0 Å². The summed E-state index contributed by atoms with van der Waals surface area (Å²) in [5.41, 5.74) is 6.72. The van der Waals surface area contributed by atoms with Crippen molar-refractivity contribution in [2.75, 3.05) is 0 Å². The number of hydrogen-bond donors (Lipinski definition) is 1. The standard InChI is InChI=1S/C9H10ClN/c1-2-9(11)7-3-5-8(10)6-4-7/h2-6,9H,1,11H2. The van der Waals surface area contributed by atoms with Crippen molar-refractivity contribution in [3.63, 3.8) is 0 Å². The van der Waals surface area contributed by atoms with Crippen molar-refractivity contribution in [1.82, 2.24) is 0 Å². The predicted molar refractivity (Wildman–Crippen MR) is 48.6 cm³/mol. The van der Waals surface area contributed by atoms with Gasteiger partial charge in [-0.15, -0.1) is 6.58 Å². The molecule has 0 fully saturated rings. The summed E-state index contributed by atoms with van der Waals surface area (Å²) >= 11 is 5.69. The van der Waals surface area contributed by atoms with Crippen LogP contribution in [-0.2, 0) is 0 Å². The maximum Gasteiger partial charge on any atom is 0.0478 e. The zero-order valence-corrected chi connectivity index (χ0v) is 6.88. The van der Waals surface area contributed by atoms with Crippen LogP contribution in [0.1, 0.15) is 11.6 Å². The molecule has 1 aromatic carbocycles. The summed E-state index contributed by atoms with van der Waals surface area (Å²) in [7, 11) is 0. The number of benzene rings is 1. The first-order valence-corrected chi connectivity index (χ1v) is 3.75. The Kier molecular flexibility index (Phi) is 2.69. The molecule has 1 aromatic rings. The van der Waals surface area contributed by atoms with Gasteiger partial charge >= 0.3 is 0 Å². The van der Waals surface area contributed by atoms with Crippen LogP contribution in [0.2, 0.25) is 5.02 Å². The van der Waals surface area contributed by atoms with E-state index < -0.39 is 0 Å². The van der Waals surface area contributed by atoms with Crippen LogP contribution >= 0.6 is 11.6 Å². The zero-order chi connectivity index (χ0) is 8.27. The smallest absolute Gasteiger partial charge is 0.0478 e. The lowest BCUT2D eigenvalue weighted by Gasteiger charge is -2.04. The van der Waals surface area contributed by atoms with E-state index in [2.05, 4.69) is 6.58 Å². The Balaban J connectivity index is 2.89. The molecule has 1 rings (SSSR count). The SMILES string of the molecule is C=CC(N)c1ccc(Cl)cc1. The van der Waals surface area contributed by atoms with Gasteiger partial charge in [0.25, 0.3) is 0 Å². The molecule has 0 aliphatic rings. The monoisotopic (exact) mass is 167 g/mol. The minimum Gasteiger partial charge on any atom is -0.321 e. The fraction of sp³-hybridized carbons (Fsp3) is 0.111. The Hall–Kier alpha value is -0.790. The quantitative estimate of drug-likeness (QED) is 0.674. The highest BCUT2D eigenvalue weighted by atomic mass is 35.5. The molecular formula is C9H10ClN. The Bertz CT molecular complexity index is 240. The Morgan fingerprint density at radius 2 is 1.91 bits per heavy atom. The van der Waals surface area contributed by atoms with Crippen molar-refractivity contribution in [2.24, 2.45) is 5.73 Å². The highest BCUT2D eigenvalue weighted by Crippen LogP contribution is 2.14. The Morgan fingerprint density at radius 3 is 2.36 bits per heavy atom. The van der Waals surface area contributed by atoms with Gasteiger partial charge in [0.15, 0.2) is 0 Å². The molecule has 0 amide bonds. The van der Waals surface area contributed by atoms with Crippen LogP contribution in [0.4, 0.5) is 0 Å². The highest BCUT2D eigenvalue weighted by Gasteiger charge is 1.98. The van der Waals surface area contributed by atoms with Gasteiger partial charge in [-0.2, -0.15) is 0 Å². The van der Waals surface area contributed by atoms with E-state index >= 15 is 0 Å². The topological polar surface area (TPSA) is 26.0 Å². The molecular weight excluding hydrogens is 158 g/mol. The van der Waals surface area contributed by atoms with E-state index in [-0.39, 0.29) is 6.04 Å². The maximum absolute atomic E-state index is 5.69. The highest BCUT2D eigenvalue weighted by molar-refractivity contribution is 6.30. The number of halogens is 1. The Labute approximate surface area is 71.5 Å². The van der Waals surface area contributed by atoms with Gasteiger partial charge in [-0.05, 0) is 17.7 Å². The van der Waals surface area contributed by atoms with Gasteiger partial charge in [0.1, 0.15) is 0 Å². The molecule has 0 saturated heterocycles. The summed E-state index contributed by atoms with van der Waals surface area (Å²) in [5, 5.41) is 0.727. The minimum absolute atomic E-state index is 0.0905. The molecule has 2 heteroatoms. The third kappa shape index (κ3) is 2.07. The van der Waals surface area contributed by atoms with Crippen LogP contribution in [0.5, 0.6) is 0 Å². The van der Waals surface area contributed by atoms with Gasteiger partial charge in [-0.1, -0.05) is 29.8 Å². The molecule has 1 nitrogen and oxygen atoms in total. The molecule has 0 radical (unpaired) electrons. The maximum atomic E-state index is 5.69. The van der Waals surface area contributed by atoms with E-state index in [1.807, 2.05) is 24.3 Å². The third-order valence-electron chi connectivity index (χ3n) is 1.51. The van der Waals surface area contributed by atoms with Crippen molar-refractivity contribution in [3.05, 3.63) is 47.5 Å². The van der Waals surface area contributed by atoms with Gasteiger partial charge in [0, 0.05) is 11.1 Å². The van der Waals surface area contributed by atoms with Crippen LogP contribution in [-0.4, -0.2) is 0 Å². The number of rotatable bonds is 2. The molecule has 0 aliphatic heterocycles. The normalized spacial score (nSPS) is 12.5. The van der Waals surface area contributed by atoms with Crippen LogP contribution < -0.4 is 5.73 Å². The fourth-order valence-electron chi connectivity index (χ4n) is 0.821. The van der Waals surface area contributed by atoms with E-state index in [0.717, 1.165) is 10.6 Å². The lowest BCUT2D eigenvalue weighted by atomic mass is 10.1. The van der Waals surface area contributed by atoms with E-state index in [4.69, 9.17) is 17.3 Å². The predicted octanol–water partition coefficient (Wildman–Crippen LogP) is 2.53.